The molecule has 1 aliphatic heterocycles. The number of carbonyl (C=O) groups is 2. The normalized spacial score (nSPS) is 15.9. The number of ether oxygens (including phenoxy) is 2. The molecule has 0 saturated heterocycles. The zero-order valence-corrected chi connectivity index (χ0v) is 21.6. The van der Waals surface area contributed by atoms with Gasteiger partial charge in [0.15, 0.2) is 0 Å². The molecule has 7 nitrogen and oxygen atoms in total. The van der Waals surface area contributed by atoms with Crippen molar-refractivity contribution in [2.24, 2.45) is 7.05 Å². The molecule has 2 aromatic carbocycles. The van der Waals surface area contributed by atoms with Crippen LogP contribution in [0.2, 0.25) is 0 Å². The Morgan fingerprint density at radius 2 is 1.91 bits per heavy atom. The maximum Gasteiger partial charge on any atom is 0.247 e. The summed E-state index contributed by atoms with van der Waals surface area (Å²) < 4.78 is 13.0. The van der Waals surface area contributed by atoms with Crippen molar-refractivity contribution in [1.29, 1.82) is 0 Å². The third-order valence-electron chi connectivity index (χ3n) is 6.16. The lowest BCUT2D eigenvalue weighted by Crippen LogP contribution is -2.43. The Labute approximate surface area is 210 Å². The monoisotopic (exact) mass is 495 g/mol. The summed E-state index contributed by atoms with van der Waals surface area (Å²) in [5.41, 5.74) is 2.88. The molecule has 4 rings (SSSR count). The predicted octanol–water partition coefficient (Wildman–Crippen LogP) is 4.29. The first-order chi connectivity index (χ1) is 16.9. The fraction of sp³-hybridized carbons (Fsp3) is 0.407. The quantitative estimate of drug-likeness (QED) is 0.448. The van der Waals surface area contributed by atoms with Gasteiger partial charge in [0.25, 0.3) is 0 Å². The van der Waals surface area contributed by atoms with Gasteiger partial charge in [-0.3, -0.25) is 9.59 Å². The second kappa shape index (κ2) is 11.2. The van der Waals surface area contributed by atoms with Crippen molar-refractivity contribution in [2.45, 2.75) is 44.0 Å². The van der Waals surface area contributed by atoms with Gasteiger partial charge in [0.05, 0.1) is 24.0 Å². The first kappa shape index (κ1) is 25.1. The number of hydrogen-bond donors (Lipinski definition) is 1. The lowest BCUT2D eigenvalue weighted by molar-refractivity contribution is -0.139. The molecule has 1 unspecified atom stereocenters. The van der Waals surface area contributed by atoms with E-state index in [2.05, 4.69) is 16.0 Å². The zero-order valence-electron chi connectivity index (χ0n) is 20.7. The Morgan fingerprint density at radius 1 is 1.17 bits per heavy atom. The second-order valence-electron chi connectivity index (χ2n) is 8.92. The number of fused-ring (bicyclic) bond motifs is 3. The van der Waals surface area contributed by atoms with Crippen LogP contribution in [0.25, 0.3) is 10.9 Å². The van der Waals surface area contributed by atoms with Crippen LogP contribution in [0.15, 0.2) is 53.6 Å². The summed E-state index contributed by atoms with van der Waals surface area (Å²) in [7, 11) is 3.62. The minimum Gasteiger partial charge on any atom is -0.497 e. The summed E-state index contributed by atoms with van der Waals surface area (Å²) in [4.78, 5) is 28.8. The minimum atomic E-state index is -0.730. The lowest BCUT2D eigenvalue weighted by atomic mass is 10.0. The zero-order chi connectivity index (χ0) is 24.9. The van der Waals surface area contributed by atoms with E-state index < -0.39 is 6.04 Å². The second-order valence-corrected chi connectivity index (χ2v) is 9.88. The van der Waals surface area contributed by atoms with Crippen molar-refractivity contribution in [1.82, 2.24) is 14.8 Å². The number of thioether (sulfide) groups is 1. The molecule has 0 saturated carbocycles. The van der Waals surface area contributed by atoms with Gasteiger partial charge in [-0.15, -0.1) is 0 Å². The molecule has 1 aromatic heterocycles. The lowest BCUT2D eigenvalue weighted by Gasteiger charge is -2.30. The summed E-state index contributed by atoms with van der Waals surface area (Å²) in [5, 5.41) is 5.03. The number of amides is 2. The van der Waals surface area contributed by atoms with Crippen molar-refractivity contribution >= 4 is 34.5 Å². The molecule has 3 aromatic rings. The fourth-order valence-electron chi connectivity index (χ4n) is 4.43. The van der Waals surface area contributed by atoms with Gasteiger partial charge >= 0.3 is 0 Å². The number of benzene rings is 2. The van der Waals surface area contributed by atoms with E-state index in [0.29, 0.717) is 26.1 Å². The van der Waals surface area contributed by atoms with Crippen LogP contribution < -0.4 is 10.1 Å². The van der Waals surface area contributed by atoms with Crippen LogP contribution in [0.5, 0.6) is 5.75 Å². The molecular weight excluding hydrogens is 462 g/mol. The average Bonchev–Trinajstić information content (AvgIpc) is 3.04. The van der Waals surface area contributed by atoms with Crippen LogP contribution in [0.4, 0.5) is 0 Å². The van der Waals surface area contributed by atoms with Gasteiger partial charge in [-0.05, 0) is 44.0 Å². The first-order valence-electron chi connectivity index (χ1n) is 11.9. The van der Waals surface area contributed by atoms with Gasteiger partial charge in [0, 0.05) is 43.2 Å². The highest BCUT2D eigenvalue weighted by Crippen LogP contribution is 2.42. The van der Waals surface area contributed by atoms with E-state index in [1.54, 1.807) is 12.0 Å². The number of aryl methyl sites for hydroxylation is 1. The van der Waals surface area contributed by atoms with E-state index in [1.165, 1.54) is 11.8 Å². The summed E-state index contributed by atoms with van der Waals surface area (Å²) >= 11 is 1.50. The topological polar surface area (TPSA) is 72.8 Å². The molecule has 0 spiro atoms. The van der Waals surface area contributed by atoms with E-state index in [4.69, 9.17) is 9.47 Å². The number of nitrogens with zero attached hydrogens (tertiary/aromatic N) is 2. The van der Waals surface area contributed by atoms with Gasteiger partial charge in [0.2, 0.25) is 11.8 Å². The Kier molecular flexibility index (Phi) is 8.03. The molecule has 1 N–H and O–H groups in total. The number of rotatable bonds is 9. The number of carbonyl (C=O) groups excluding carboxylic acids is 2. The highest BCUT2D eigenvalue weighted by molar-refractivity contribution is 8.00. The van der Waals surface area contributed by atoms with E-state index >= 15 is 0 Å². The van der Waals surface area contributed by atoms with Crippen molar-refractivity contribution < 1.29 is 19.1 Å². The van der Waals surface area contributed by atoms with Gasteiger partial charge in [-0.1, -0.05) is 42.1 Å². The number of hydrogen-bond acceptors (Lipinski definition) is 5. The number of nitrogens with one attached hydrogen (secondary N) is 1. The summed E-state index contributed by atoms with van der Waals surface area (Å²) in [6, 6.07) is 15.0. The third-order valence-corrected chi connectivity index (χ3v) is 7.32. The number of aromatic nitrogens is 1. The molecule has 0 radical (unpaired) electrons. The number of methoxy groups -OCH3 is 1. The van der Waals surface area contributed by atoms with Crippen LogP contribution in [-0.2, 0) is 27.9 Å². The van der Waals surface area contributed by atoms with E-state index in [1.807, 2.05) is 63.4 Å². The van der Waals surface area contributed by atoms with Gasteiger partial charge < -0.3 is 24.3 Å². The van der Waals surface area contributed by atoms with Crippen LogP contribution in [0.1, 0.15) is 37.4 Å². The summed E-state index contributed by atoms with van der Waals surface area (Å²) in [6.07, 6.45) is 0.862. The largest absolute Gasteiger partial charge is 0.497 e. The van der Waals surface area contributed by atoms with E-state index in [-0.39, 0.29) is 23.7 Å². The predicted molar refractivity (Wildman–Crippen MR) is 139 cm³/mol. The average molecular weight is 496 g/mol. The van der Waals surface area contributed by atoms with Crippen molar-refractivity contribution in [3.8, 4) is 5.75 Å². The Balaban J connectivity index is 1.69. The third kappa shape index (κ3) is 5.49. The summed E-state index contributed by atoms with van der Waals surface area (Å²) in [6.45, 7) is 5.38. The van der Waals surface area contributed by atoms with E-state index in [0.717, 1.165) is 32.8 Å². The standard InChI is InChI=1S/C27H33N3O4S/c1-18(2)34-15-7-14-28-26(32)25-24-21-8-5-6-9-22(21)29(3)27(24)35-17-23(31)30(25)16-19-10-12-20(33-4)13-11-19/h5-6,8-13,18,25H,7,14-17H2,1-4H3,(H,28,32). The van der Waals surface area contributed by atoms with Crippen molar-refractivity contribution in [2.75, 3.05) is 26.0 Å². The fourth-order valence-corrected chi connectivity index (χ4v) is 5.53. The Bertz CT molecular complexity index is 1190. The van der Waals surface area contributed by atoms with Crippen LogP contribution in [0, 0.1) is 0 Å². The molecule has 0 bridgehead atoms. The molecule has 2 heterocycles. The molecule has 0 fully saturated rings. The van der Waals surface area contributed by atoms with Gasteiger partial charge in [-0.25, -0.2) is 0 Å². The van der Waals surface area contributed by atoms with Crippen LogP contribution >= 0.6 is 11.8 Å². The molecule has 0 aliphatic carbocycles. The highest BCUT2D eigenvalue weighted by Gasteiger charge is 2.38. The highest BCUT2D eigenvalue weighted by atomic mass is 32.2. The van der Waals surface area contributed by atoms with E-state index in [9.17, 15) is 9.59 Å². The van der Waals surface area contributed by atoms with Crippen LogP contribution in [0.3, 0.4) is 0 Å². The first-order valence-corrected chi connectivity index (χ1v) is 12.9. The minimum absolute atomic E-state index is 0.0607. The molecule has 1 aliphatic rings. The van der Waals surface area contributed by atoms with Gasteiger partial charge in [0.1, 0.15) is 11.8 Å². The molecule has 1 atom stereocenters. The molecular formula is C27H33N3O4S. The van der Waals surface area contributed by atoms with Crippen LogP contribution in [-0.4, -0.2) is 53.4 Å². The smallest absolute Gasteiger partial charge is 0.247 e. The SMILES string of the molecule is COc1ccc(CN2C(=O)CSc3c(c4ccccc4n3C)C2C(=O)NCCCOC(C)C)cc1. The molecule has 35 heavy (non-hydrogen) atoms. The molecule has 8 heteroatoms. The summed E-state index contributed by atoms with van der Waals surface area (Å²) in [5.74, 6) is 0.797. The maximum absolute atomic E-state index is 13.7. The Morgan fingerprint density at radius 3 is 2.63 bits per heavy atom. The Hall–Kier alpha value is -2.97. The molecule has 2 amide bonds. The number of para-hydroxylation sites is 1. The van der Waals surface area contributed by atoms with Gasteiger partial charge in [-0.2, -0.15) is 0 Å². The van der Waals surface area contributed by atoms with Crippen molar-refractivity contribution in [3.63, 3.8) is 0 Å². The molecule has 186 valence electrons. The maximum atomic E-state index is 13.7. The van der Waals surface area contributed by atoms with Crippen molar-refractivity contribution in [3.05, 3.63) is 59.7 Å².